The molecule has 14 heteroatoms. The third-order valence-corrected chi connectivity index (χ3v) is 4.23. The number of nitrogens with zero attached hydrogens (tertiary/aromatic N) is 4. The van der Waals surface area contributed by atoms with Gasteiger partial charge in [-0.05, 0) is 22.9 Å². The van der Waals surface area contributed by atoms with Crippen LogP contribution in [0.3, 0.4) is 0 Å². The van der Waals surface area contributed by atoms with Crippen LogP contribution in [-0.2, 0) is 13.2 Å². The number of nitro benzene ring substituents is 2. The predicted molar refractivity (Wildman–Crippen MR) is 88.4 cm³/mol. The number of nitrogens with one attached hydrogen (secondary N) is 1. The lowest BCUT2D eigenvalue weighted by atomic mass is 10.1. The normalized spacial score (nSPS) is 11.3. The first-order chi connectivity index (χ1) is 12.3. The van der Waals surface area contributed by atoms with E-state index in [1.54, 1.807) is 0 Å². The van der Waals surface area contributed by atoms with Gasteiger partial charge in [0.1, 0.15) is 11.3 Å². The van der Waals surface area contributed by atoms with E-state index in [0.717, 1.165) is 26.1 Å². The van der Waals surface area contributed by atoms with Crippen molar-refractivity contribution in [1.82, 2.24) is 9.78 Å². The highest BCUT2D eigenvalue weighted by Crippen LogP contribution is 2.36. The first-order valence-electron chi connectivity index (χ1n) is 6.89. The molecule has 1 aromatic carbocycles. The lowest BCUT2D eigenvalue weighted by molar-refractivity contribution is -0.395. The zero-order chi connectivity index (χ0) is 20.7. The summed E-state index contributed by atoms with van der Waals surface area (Å²) in [7, 11) is 1.09. The van der Waals surface area contributed by atoms with Crippen LogP contribution in [0.5, 0.6) is 0 Å². The molecule has 10 nitrogen and oxygen atoms in total. The third-order valence-electron chi connectivity index (χ3n) is 3.48. The summed E-state index contributed by atoms with van der Waals surface area (Å²) in [6, 6.07) is 1.74. The Bertz CT molecular complexity index is 937. The smallest absolute Gasteiger partial charge is 0.320 e. The Hall–Kier alpha value is -3.03. The molecule has 0 bridgehead atoms. The van der Waals surface area contributed by atoms with Crippen molar-refractivity contribution in [3.8, 4) is 0 Å². The van der Waals surface area contributed by atoms with E-state index in [2.05, 4.69) is 26.3 Å². The molecule has 0 spiro atoms. The zero-order valence-electron chi connectivity index (χ0n) is 13.5. The van der Waals surface area contributed by atoms with Crippen LogP contribution in [0.4, 0.5) is 30.2 Å². The van der Waals surface area contributed by atoms with Crippen molar-refractivity contribution in [2.75, 3.05) is 5.32 Å². The van der Waals surface area contributed by atoms with Crippen LogP contribution in [0, 0.1) is 27.2 Å². The molecule has 0 aliphatic carbocycles. The number of aryl methyl sites for hydroxylation is 1. The average molecular weight is 452 g/mol. The number of benzene rings is 1. The number of alkyl halides is 3. The molecule has 27 heavy (non-hydrogen) atoms. The molecule has 144 valence electrons. The third kappa shape index (κ3) is 3.89. The van der Waals surface area contributed by atoms with Crippen molar-refractivity contribution in [3.05, 3.63) is 53.8 Å². The molecule has 0 saturated heterocycles. The van der Waals surface area contributed by atoms with E-state index >= 15 is 0 Å². The Morgan fingerprint density at radius 3 is 2.07 bits per heavy atom. The van der Waals surface area contributed by atoms with Gasteiger partial charge in [0.15, 0.2) is 5.69 Å². The molecule has 0 atom stereocenters. The number of aromatic nitrogens is 2. The van der Waals surface area contributed by atoms with E-state index in [1.165, 1.54) is 0 Å². The maximum Gasteiger partial charge on any atom is 0.436 e. The maximum absolute atomic E-state index is 12.9. The zero-order valence-corrected chi connectivity index (χ0v) is 15.1. The van der Waals surface area contributed by atoms with Gasteiger partial charge in [-0.2, -0.15) is 18.3 Å². The van der Waals surface area contributed by atoms with Crippen LogP contribution in [0.15, 0.2) is 16.6 Å². The number of anilines is 1. The van der Waals surface area contributed by atoms with E-state index in [4.69, 9.17) is 0 Å². The van der Waals surface area contributed by atoms with E-state index in [0.29, 0.717) is 4.68 Å². The highest BCUT2D eigenvalue weighted by atomic mass is 79.9. The summed E-state index contributed by atoms with van der Waals surface area (Å²) in [5.41, 5.74) is -3.67. The van der Waals surface area contributed by atoms with Crippen LogP contribution in [0.1, 0.15) is 21.7 Å². The Balaban J connectivity index is 2.49. The summed E-state index contributed by atoms with van der Waals surface area (Å²) in [4.78, 5) is 32.7. The number of hydrogen-bond acceptors (Lipinski definition) is 6. The standard InChI is InChI=1S/C13H9BrF3N5O5/c1-5-7(21(24)25)3-6(4-8(5)22(26)27)18-12(23)10-9(14)11(13(15,16)17)19-20(10)2/h3-4H,1-2H3,(H,18,23). The van der Waals surface area contributed by atoms with Crippen molar-refractivity contribution < 1.29 is 27.8 Å². The number of carbonyl (C=O) groups is 1. The van der Waals surface area contributed by atoms with Crippen LogP contribution in [0.25, 0.3) is 0 Å². The second kappa shape index (κ2) is 6.94. The first-order valence-corrected chi connectivity index (χ1v) is 7.68. The number of halogens is 4. The molecule has 0 aliphatic heterocycles. The number of hydrogen-bond donors (Lipinski definition) is 1. The Kier molecular flexibility index (Phi) is 5.21. The van der Waals surface area contributed by atoms with Crippen molar-refractivity contribution in [3.63, 3.8) is 0 Å². The first kappa shape index (κ1) is 20.3. The van der Waals surface area contributed by atoms with Gasteiger partial charge in [-0.1, -0.05) is 0 Å². The highest BCUT2D eigenvalue weighted by molar-refractivity contribution is 9.10. The average Bonchev–Trinajstić information content (AvgIpc) is 2.83. The summed E-state index contributed by atoms with van der Waals surface area (Å²) in [5, 5.41) is 27.4. The summed E-state index contributed by atoms with van der Waals surface area (Å²) < 4.78 is 38.7. The number of carbonyl (C=O) groups excluding carboxylic acids is 1. The SMILES string of the molecule is Cc1c([N+](=O)[O-])cc(NC(=O)c2c(Br)c(C(F)(F)F)nn2C)cc1[N+](=O)[O-]. The monoisotopic (exact) mass is 451 g/mol. The minimum absolute atomic E-state index is 0.232. The van der Waals surface area contributed by atoms with E-state index in [1.807, 2.05) is 0 Å². The van der Waals surface area contributed by atoms with Gasteiger partial charge in [-0.3, -0.25) is 29.7 Å². The van der Waals surface area contributed by atoms with Gasteiger partial charge in [-0.25, -0.2) is 0 Å². The second-order valence-electron chi connectivity index (χ2n) is 5.24. The quantitative estimate of drug-likeness (QED) is 0.557. The predicted octanol–water partition coefficient (Wildman–Crippen LogP) is 3.58. The Labute approximate surface area is 156 Å². The molecular weight excluding hydrogens is 443 g/mol. The molecule has 2 aromatic rings. The molecule has 1 aromatic heterocycles. The lowest BCUT2D eigenvalue weighted by Gasteiger charge is -2.08. The largest absolute Gasteiger partial charge is 0.436 e. The number of nitro groups is 2. The molecule has 0 fully saturated rings. The fourth-order valence-corrected chi connectivity index (χ4v) is 2.99. The summed E-state index contributed by atoms with van der Waals surface area (Å²) in [6.45, 7) is 1.16. The van der Waals surface area contributed by atoms with E-state index in [-0.39, 0.29) is 11.3 Å². The lowest BCUT2D eigenvalue weighted by Crippen LogP contribution is -2.17. The minimum Gasteiger partial charge on any atom is -0.320 e. The summed E-state index contributed by atoms with van der Waals surface area (Å²) in [6.07, 6.45) is -4.82. The maximum atomic E-state index is 12.9. The Morgan fingerprint density at radius 1 is 1.22 bits per heavy atom. The highest BCUT2D eigenvalue weighted by Gasteiger charge is 2.39. The summed E-state index contributed by atoms with van der Waals surface area (Å²) in [5.74, 6) is -1.10. The van der Waals surface area contributed by atoms with Gasteiger partial charge in [0.05, 0.1) is 20.0 Å². The van der Waals surface area contributed by atoms with Gasteiger partial charge < -0.3 is 5.32 Å². The fraction of sp³-hybridized carbons (Fsp3) is 0.231. The van der Waals surface area contributed by atoms with Crippen LogP contribution in [-0.4, -0.2) is 25.5 Å². The van der Waals surface area contributed by atoms with Gasteiger partial charge >= 0.3 is 6.18 Å². The molecule has 0 saturated carbocycles. The van der Waals surface area contributed by atoms with Crippen LogP contribution in [0.2, 0.25) is 0 Å². The molecular formula is C13H9BrF3N5O5. The molecule has 0 radical (unpaired) electrons. The molecule has 1 amide bonds. The van der Waals surface area contributed by atoms with Gasteiger partial charge in [0.25, 0.3) is 17.3 Å². The van der Waals surface area contributed by atoms with Crippen molar-refractivity contribution in [2.45, 2.75) is 13.1 Å². The van der Waals surface area contributed by atoms with Gasteiger partial charge in [-0.15, -0.1) is 0 Å². The van der Waals surface area contributed by atoms with Crippen molar-refractivity contribution >= 4 is 38.9 Å². The molecule has 0 unspecified atom stereocenters. The summed E-state index contributed by atoms with van der Waals surface area (Å²) >= 11 is 2.66. The van der Waals surface area contributed by atoms with Gasteiger partial charge in [0, 0.05) is 19.2 Å². The number of amides is 1. The minimum atomic E-state index is -4.82. The molecule has 1 N–H and O–H groups in total. The molecule has 2 rings (SSSR count). The van der Waals surface area contributed by atoms with Gasteiger partial charge in [0.2, 0.25) is 0 Å². The van der Waals surface area contributed by atoms with Crippen LogP contribution >= 0.6 is 15.9 Å². The molecule has 1 heterocycles. The topological polar surface area (TPSA) is 133 Å². The van der Waals surface area contributed by atoms with Crippen molar-refractivity contribution in [1.29, 1.82) is 0 Å². The van der Waals surface area contributed by atoms with E-state index in [9.17, 15) is 38.2 Å². The fourth-order valence-electron chi connectivity index (χ4n) is 2.25. The van der Waals surface area contributed by atoms with Crippen LogP contribution < -0.4 is 5.32 Å². The Morgan fingerprint density at radius 2 is 1.70 bits per heavy atom. The number of rotatable bonds is 4. The van der Waals surface area contributed by atoms with Crippen molar-refractivity contribution in [2.24, 2.45) is 7.05 Å². The molecule has 0 aliphatic rings. The van der Waals surface area contributed by atoms with E-state index < -0.39 is 49.2 Å². The second-order valence-corrected chi connectivity index (χ2v) is 6.03.